The molecular formula is C21H30ClN7O. The molecule has 1 aromatic heterocycles. The number of hydrogen-bond donors (Lipinski definition) is 2. The van der Waals surface area contributed by atoms with E-state index in [0.717, 1.165) is 73.8 Å². The minimum absolute atomic E-state index is 0.251. The predicted molar refractivity (Wildman–Crippen MR) is 119 cm³/mol. The van der Waals surface area contributed by atoms with Crippen LogP contribution in [0.2, 0.25) is 5.02 Å². The fourth-order valence-corrected chi connectivity index (χ4v) is 4.07. The van der Waals surface area contributed by atoms with E-state index in [-0.39, 0.29) is 6.10 Å². The molecule has 3 heterocycles. The number of aromatic nitrogens is 3. The maximum absolute atomic E-state index is 6.17. The van der Waals surface area contributed by atoms with Crippen molar-refractivity contribution in [2.24, 2.45) is 12.0 Å². The second-order valence-electron chi connectivity index (χ2n) is 7.96. The zero-order valence-corrected chi connectivity index (χ0v) is 18.4. The van der Waals surface area contributed by atoms with Crippen LogP contribution in [-0.4, -0.2) is 59.1 Å². The summed E-state index contributed by atoms with van der Waals surface area (Å²) in [5.41, 5.74) is 1.16. The number of nitrogens with one attached hydrogen (secondary N) is 2. The van der Waals surface area contributed by atoms with Gasteiger partial charge in [0.1, 0.15) is 12.4 Å². The van der Waals surface area contributed by atoms with Crippen LogP contribution in [0.15, 0.2) is 29.3 Å². The molecule has 0 bridgehead atoms. The van der Waals surface area contributed by atoms with E-state index < -0.39 is 0 Å². The second kappa shape index (κ2) is 9.66. The van der Waals surface area contributed by atoms with Gasteiger partial charge in [-0.05, 0) is 44.4 Å². The lowest BCUT2D eigenvalue weighted by Crippen LogP contribution is -2.46. The zero-order valence-electron chi connectivity index (χ0n) is 17.6. The Morgan fingerprint density at radius 2 is 2.23 bits per heavy atom. The summed E-state index contributed by atoms with van der Waals surface area (Å²) in [7, 11) is 1.97. The lowest BCUT2D eigenvalue weighted by atomic mass is 10.2. The predicted octanol–water partition coefficient (Wildman–Crippen LogP) is 2.27. The third kappa shape index (κ3) is 5.23. The van der Waals surface area contributed by atoms with Crippen LogP contribution in [0.5, 0.6) is 0 Å². The van der Waals surface area contributed by atoms with Crippen molar-refractivity contribution in [3.05, 3.63) is 40.9 Å². The van der Waals surface area contributed by atoms with E-state index in [1.165, 1.54) is 0 Å². The monoisotopic (exact) mass is 431 g/mol. The zero-order chi connectivity index (χ0) is 20.9. The average molecular weight is 432 g/mol. The van der Waals surface area contributed by atoms with Crippen molar-refractivity contribution in [3.8, 4) is 0 Å². The van der Waals surface area contributed by atoms with Crippen molar-refractivity contribution in [2.75, 3.05) is 31.1 Å². The summed E-state index contributed by atoms with van der Waals surface area (Å²) < 4.78 is 7.72. The van der Waals surface area contributed by atoms with Crippen LogP contribution in [0.4, 0.5) is 5.69 Å². The van der Waals surface area contributed by atoms with E-state index in [9.17, 15) is 0 Å². The van der Waals surface area contributed by atoms with Gasteiger partial charge in [0.15, 0.2) is 11.8 Å². The summed E-state index contributed by atoms with van der Waals surface area (Å²) in [6.45, 7) is 5.92. The molecule has 4 rings (SSSR count). The molecule has 30 heavy (non-hydrogen) atoms. The van der Waals surface area contributed by atoms with Gasteiger partial charge in [-0.15, -0.1) is 10.2 Å². The highest BCUT2D eigenvalue weighted by atomic mass is 35.5. The fraction of sp³-hybridized carbons (Fsp3) is 0.571. The molecule has 2 N–H and O–H groups in total. The topological polar surface area (TPSA) is 79.6 Å². The minimum atomic E-state index is 0.251. The highest BCUT2D eigenvalue weighted by Gasteiger charge is 2.24. The van der Waals surface area contributed by atoms with Gasteiger partial charge in [0.2, 0.25) is 0 Å². The molecule has 8 nitrogen and oxygen atoms in total. The van der Waals surface area contributed by atoms with Crippen LogP contribution in [0.3, 0.4) is 0 Å². The molecule has 0 amide bonds. The smallest absolute Gasteiger partial charge is 0.192 e. The van der Waals surface area contributed by atoms with Crippen molar-refractivity contribution in [3.63, 3.8) is 0 Å². The maximum atomic E-state index is 6.17. The van der Waals surface area contributed by atoms with Crippen molar-refractivity contribution in [2.45, 2.75) is 44.9 Å². The molecule has 2 unspecified atom stereocenters. The number of benzene rings is 1. The SMILES string of the molecule is Cc1nnc(CN=C(NCC2CCCO2)NC2CCN(c3cccc(Cl)c3)C2)n1C. The van der Waals surface area contributed by atoms with Gasteiger partial charge < -0.3 is 24.8 Å². The first-order chi connectivity index (χ1) is 14.6. The van der Waals surface area contributed by atoms with Gasteiger partial charge in [0.25, 0.3) is 0 Å². The number of anilines is 1. The Morgan fingerprint density at radius 3 is 2.97 bits per heavy atom. The molecule has 0 radical (unpaired) electrons. The molecule has 2 aliphatic heterocycles. The van der Waals surface area contributed by atoms with Crippen molar-refractivity contribution in [1.29, 1.82) is 0 Å². The first-order valence-corrected chi connectivity index (χ1v) is 11.0. The molecule has 162 valence electrons. The van der Waals surface area contributed by atoms with Crippen molar-refractivity contribution < 1.29 is 4.74 Å². The molecular weight excluding hydrogens is 402 g/mol. The number of nitrogens with zero attached hydrogens (tertiary/aromatic N) is 5. The minimum Gasteiger partial charge on any atom is -0.376 e. The van der Waals surface area contributed by atoms with Crippen LogP contribution < -0.4 is 15.5 Å². The van der Waals surface area contributed by atoms with E-state index in [2.05, 4.69) is 31.8 Å². The summed E-state index contributed by atoms with van der Waals surface area (Å²) in [5.74, 6) is 2.52. The summed E-state index contributed by atoms with van der Waals surface area (Å²) >= 11 is 6.17. The first kappa shape index (κ1) is 20.9. The number of hydrogen-bond acceptors (Lipinski definition) is 5. The number of aliphatic imine (C=N–C) groups is 1. The van der Waals surface area contributed by atoms with Crippen molar-refractivity contribution >= 4 is 23.2 Å². The van der Waals surface area contributed by atoms with Crippen LogP contribution in [0.1, 0.15) is 30.9 Å². The summed E-state index contributed by atoms with van der Waals surface area (Å²) in [5, 5.41) is 16.2. The fourth-order valence-electron chi connectivity index (χ4n) is 3.89. The van der Waals surface area contributed by atoms with Gasteiger partial charge >= 0.3 is 0 Å². The lowest BCUT2D eigenvalue weighted by molar-refractivity contribution is 0.113. The van der Waals surface area contributed by atoms with E-state index in [1.54, 1.807) is 0 Å². The number of halogens is 1. The first-order valence-electron chi connectivity index (χ1n) is 10.6. The van der Waals surface area contributed by atoms with E-state index >= 15 is 0 Å². The molecule has 2 fully saturated rings. The molecule has 0 saturated carbocycles. The van der Waals surface area contributed by atoms with Gasteiger partial charge in [-0.3, -0.25) is 0 Å². The average Bonchev–Trinajstić information content (AvgIpc) is 3.48. The standard InChI is InChI=1S/C21H30ClN7O/c1-15-26-27-20(28(15)2)13-24-21(23-12-19-7-4-10-30-19)25-17-8-9-29(14-17)18-6-3-5-16(22)11-18/h3,5-6,11,17,19H,4,7-10,12-14H2,1-2H3,(H2,23,24,25). The Hall–Kier alpha value is -2.32. The molecule has 2 atom stereocenters. The molecule has 9 heteroatoms. The van der Waals surface area contributed by atoms with Crippen LogP contribution in [0, 0.1) is 6.92 Å². The Bertz CT molecular complexity index is 878. The van der Waals surface area contributed by atoms with E-state index in [0.29, 0.717) is 12.6 Å². The Morgan fingerprint density at radius 1 is 1.33 bits per heavy atom. The Kier molecular flexibility index (Phi) is 6.74. The highest BCUT2D eigenvalue weighted by Crippen LogP contribution is 2.23. The largest absolute Gasteiger partial charge is 0.376 e. The number of ether oxygens (including phenoxy) is 1. The molecule has 2 saturated heterocycles. The number of guanidine groups is 1. The normalized spacial score (nSPS) is 22.0. The Balaban J connectivity index is 1.39. The maximum Gasteiger partial charge on any atom is 0.192 e. The van der Waals surface area contributed by atoms with Gasteiger partial charge in [-0.1, -0.05) is 17.7 Å². The van der Waals surface area contributed by atoms with E-state index in [4.69, 9.17) is 21.3 Å². The Labute approximate surface area is 182 Å². The third-order valence-electron chi connectivity index (χ3n) is 5.78. The van der Waals surface area contributed by atoms with Crippen LogP contribution in [-0.2, 0) is 18.3 Å². The van der Waals surface area contributed by atoms with Crippen LogP contribution in [0.25, 0.3) is 0 Å². The quantitative estimate of drug-likeness (QED) is 0.539. The third-order valence-corrected chi connectivity index (χ3v) is 6.02. The van der Waals surface area contributed by atoms with E-state index in [1.807, 2.05) is 36.7 Å². The van der Waals surface area contributed by atoms with Crippen molar-refractivity contribution in [1.82, 2.24) is 25.4 Å². The number of aryl methyl sites for hydroxylation is 1. The lowest BCUT2D eigenvalue weighted by Gasteiger charge is -2.21. The van der Waals surface area contributed by atoms with Crippen LogP contribution >= 0.6 is 11.6 Å². The summed E-state index contributed by atoms with van der Waals surface area (Å²) in [6.07, 6.45) is 3.51. The number of rotatable bonds is 6. The van der Waals surface area contributed by atoms with Gasteiger partial charge in [-0.25, -0.2) is 4.99 Å². The molecule has 2 aliphatic rings. The molecule has 0 aliphatic carbocycles. The molecule has 0 spiro atoms. The summed E-state index contributed by atoms with van der Waals surface area (Å²) in [6, 6.07) is 8.34. The summed E-state index contributed by atoms with van der Waals surface area (Å²) in [4.78, 5) is 7.13. The van der Waals surface area contributed by atoms with Gasteiger partial charge in [-0.2, -0.15) is 0 Å². The highest BCUT2D eigenvalue weighted by molar-refractivity contribution is 6.30. The molecule has 1 aromatic carbocycles. The molecule has 2 aromatic rings. The second-order valence-corrected chi connectivity index (χ2v) is 8.40. The van der Waals surface area contributed by atoms with Gasteiger partial charge in [0.05, 0.1) is 6.10 Å². The van der Waals surface area contributed by atoms with Gasteiger partial charge in [0, 0.05) is 50.0 Å².